The summed E-state index contributed by atoms with van der Waals surface area (Å²) in [4.78, 5) is 2.85. The number of rotatable bonds is 6. The van der Waals surface area contributed by atoms with Gasteiger partial charge in [-0.3, -0.25) is 4.90 Å². The van der Waals surface area contributed by atoms with Gasteiger partial charge in [0.2, 0.25) is 0 Å². The van der Waals surface area contributed by atoms with Crippen LogP contribution in [0.3, 0.4) is 0 Å². The molecule has 0 radical (unpaired) electrons. The lowest BCUT2D eigenvalue weighted by atomic mass is 9.81. The van der Waals surface area contributed by atoms with Crippen molar-refractivity contribution in [1.29, 1.82) is 0 Å². The average molecular weight is 295 g/mol. The van der Waals surface area contributed by atoms with Gasteiger partial charge in [0.05, 0.1) is 0 Å². The highest BCUT2D eigenvalue weighted by Crippen LogP contribution is 2.30. The molecule has 1 saturated heterocycles. The Morgan fingerprint density at radius 2 is 1.76 bits per heavy atom. The van der Waals surface area contributed by atoms with E-state index in [0.717, 1.165) is 29.8 Å². The molecule has 0 aromatic heterocycles. The zero-order valence-corrected chi connectivity index (χ0v) is 14.9. The highest BCUT2D eigenvalue weighted by molar-refractivity contribution is 4.92. The predicted octanol–water partition coefficient (Wildman–Crippen LogP) is 4.30. The Balaban J connectivity index is 1.97. The lowest BCUT2D eigenvalue weighted by Gasteiger charge is -2.46. The van der Waals surface area contributed by atoms with E-state index in [1.54, 1.807) is 0 Å². The van der Waals surface area contributed by atoms with Crippen LogP contribution in [-0.2, 0) is 0 Å². The van der Waals surface area contributed by atoms with Gasteiger partial charge in [-0.1, -0.05) is 59.8 Å². The average Bonchev–Trinajstić information content (AvgIpc) is 2.54. The third-order valence-electron chi connectivity index (χ3n) is 6.25. The van der Waals surface area contributed by atoms with Gasteiger partial charge >= 0.3 is 0 Å². The molecule has 1 N–H and O–H groups in total. The van der Waals surface area contributed by atoms with E-state index in [1.807, 2.05) is 0 Å². The monoisotopic (exact) mass is 294 g/mol. The highest BCUT2D eigenvalue weighted by Gasteiger charge is 2.34. The van der Waals surface area contributed by atoms with Crippen molar-refractivity contribution in [3.8, 4) is 0 Å². The minimum absolute atomic E-state index is 0.754. The molecule has 2 nitrogen and oxygen atoms in total. The van der Waals surface area contributed by atoms with Crippen molar-refractivity contribution in [3.63, 3.8) is 0 Å². The van der Waals surface area contributed by atoms with Crippen LogP contribution >= 0.6 is 0 Å². The Morgan fingerprint density at radius 1 is 1.05 bits per heavy atom. The predicted molar refractivity (Wildman–Crippen MR) is 92.6 cm³/mol. The van der Waals surface area contributed by atoms with Crippen molar-refractivity contribution in [1.82, 2.24) is 10.2 Å². The zero-order chi connectivity index (χ0) is 15.2. The fourth-order valence-corrected chi connectivity index (χ4v) is 4.28. The first-order chi connectivity index (χ1) is 10.2. The van der Waals surface area contributed by atoms with Crippen LogP contribution < -0.4 is 5.32 Å². The normalized spacial score (nSPS) is 32.0. The number of piperazine rings is 1. The van der Waals surface area contributed by atoms with Gasteiger partial charge < -0.3 is 5.32 Å². The quantitative estimate of drug-likeness (QED) is 0.785. The topological polar surface area (TPSA) is 15.3 Å². The molecule has 0 amide bonds. The molecule has 1 aliphatic carbocycles. The Morgan fingerprint density at radius 3 is 2.38 bits per heavy atom. The van der Waals surface area contributed by atoms with E-state index in [-0.39, 0.29) is 0 Å². The maximum Gasteiger partial charge on any atom is 0.0247 e. The van der Waals surface area contributed by atoms with Gasteiger partial charge in [-0.15, -0.1) is 0 Å². The van der Waals surface area contributed by atoms with Crippen LogP contribution in [0.1, 0.15) is 72.6 Å². The molecule has 0 aromatic carbocycles. The van der Waals surface area contributed by atoms with Crippen LogP contribution in [0.25, 0.3) is 0 Å². The molecule has 4 unspecified atom stereocenters. The summed E-state index contributed by atoms with van der Waals surface area (Å²) in [6.07, 6.45) is 9.93. The van der Waals surface area contributed by atoms with Crippen LogP contribution in [-0.4, -0.2) is 36.6 Å². The Kier molecular flexibility index (Phi) is 7.01. The second kappa shape index (κ2) is 8.53. The lowest BCUT2D eigenvalue weighted by Crippen LogP contribution is -2.61. The smallest absolute Gasteiger partial charge is 0.0247 e. The van der Waals surface area contributed by atoms with Gasteiger partial charge in [0.25, 0.3) is 0 Å². The minimum atomic E-state index is 0.754. The summed E-state index contributed by atoms with van der Waals surface area (Å²) < 4.78 is 0. The molecule has 0 spiro atoms. The van der Waals surface area contributed by atoms with Crippen LogP contribution in [0.2, 0.25) is 0 Å². The molecule has 4 atom stereocenters. The van der Waals surface area contributed by atoms with Crippen molar-refractivity contribution in [2.45, 2.75) is 84.7 Å². The zero-order valence-electron chi connectivity index (χ0n) is 14.9. The molecule has 1 saturated carbocycles. The molecule has 2 rings (SSSR count). The summed E-state index contributed by atoms with van der Waals surface area (Å²) in [5.74, 6) is 2.59. The SMILES string of the molecule is CCC(C)CN1CC(C2CCCCC2)NCC1C(C)CC. The first kappa shape index (κ1) is 17.3. The van der Waals surface area contributed by atoms with Crippen molar-refractivity contribution in [2.24, 2.45) is 17.8 Å². The van der Waals surface area contributed by atoms with Gasteiger partial charge in [0.1, 0.15) is 0 Å². The summed E-state index contributed by atoms with van der Waals surface area (Å²) >= 11 is 0. The molecule has 2 heteroatoms. The maximum absolute atomic E-state index is 3.93. The second-order valence-corrected chi connectivity index (χ2v) is 7.83. The van der Waals surface area contributed by atoms with Crippen molar-refractivity contribution in [3.05, 3.63) is 0 Å². The number of hydrogen-bond acceptors (Lipinski definition) is 2. The molecule has 0 aromatic rings. The van der Waals surface area contributed by atoms with Gasteiger partial charge in [0, 0.05) is 31.7 Å². The highest BCUT2D eigenvalue weighted by atomic mass is 15.2. The number of hydrogen-bond donors (Lipinski definition) is 1. The van der Waals surface area contributed by atoms with Gasteiger partial charge in [-0.25, -0.2) is 0 Å². The Labute approximate surface area is 133 Å². The van der Waals surface area contributed by atoms with Crippen molar-refractivity contribution < 1.29 is 0 Å². The second-order valence-electron chi connectivity index (χ2n) is 7.83. The molecule has 2 aliphatic rings. The summed E-state index contributed by atoms with van der Waals surface area (Å²) in [5, 5.41) is 3.93. The standard InChI is InChI=1S/C19H38N2/c1-5-15(3)13-21-14-18(17-10-8-7-9-11-17)20-12-19(21)16(4)6-2/h15-20H,5-14H2,1-4H3. The van der Waals surface area contributed by atoms with Gasteiger partial charge in [-0.2, -0.15) is 0 Å². The molecule has 21 heavy (non-hydrogen) atoms. The van der Waals surface area contributed by atoms with E-state index < -0.39 is 0 Å². The van der Waals surface area contributed by atoms with Crippen LogP contribution in [0.15, 0.2) is 0 Å². The molecule has 1 heterocycles. The van der Waals surface area contributed by atoms with E-state index in [2.05, 4.69) is 37.9 Å². The minimum Gasteiger partial charge on any atom is -0.311 e. The molecular weight excluding hydrogens is 256 g/mol. The summed E-state index contributed by atoms with van der Waals surface area (Å²) in [7, 11) is 0. The summed E-state index contributed by atoms with van der Waals surface area (Å²) in [6, 6.07) is 1.51. The fraction of sp³-hybridized carbons (Fsp3) is 1.00. The third kappa shape index (κ3) is 4.69. The van der Waals surface area contributed by atoms with Crippen LogP contribution in [0, 0.1) is 17.8 Å². The first-order valence-corrected chi connectivity index (χ1v) is 9.63. The van der Waals surface area contributed by atoms with E-state index >= 15 is 0 Å². The summed E-state index contributed by atoms with van der Waals surface area (Å²) in [6.45, 7) is 13.4. The molecule has 124 valence electrons. The van der Waals surface area contributed by atoms with Crippen LogP contribution in [0.5, 0.6) is 0 Å². The summed E-state index contributed by atoms with van der Waals surface area (Å²) in [5.41, 5.74) is 0. The number of nitrogens with one attached hydrogen (secondary N) is 1. The Hall–Kier alpha value is -0.0800. The maximum atomic E-state index is 3.93. The van der Waals surface area contributed by atoms with Crippen LogP contribution in [0.4, 0.5) is 0 Å². The van der Waals surface area contributed by atoms with E-state index in [1.165, 1.54) is 64.6 Å². The first-order valence-electron chi connectivity index (χ1n) is 9.63. The van der Waals surface area contributed by atoms with Crippen molar-refractivity contribution in [2.75, 3.05) is 19.6 Å². The lowest BCUT2D eigenvalue weighted by molar-refractivity contribution is 0.0553. The molecule has 2 fully saturated rings. The number of nitrogens with zero attached hydrogens (tertiary/aromatic N) is 1. The third-order valence-corrected chi connectivity index (χ3v) is 6.25. The van der Waals surface area contributed by atoms with Crippen molar-refractivity contribution >= 4 is 0 Å². The van der Waals surface area contributed by atoms with E-state index in [9.17, 15) is 0 Å². The van der Waals surface area contributed by atoms with E-state index in [0.29, 0.717) is 0 Å². The van der Waals surface area contributed by atoms with E-state index in [4.69, 9.17) is 0 Å². The molecule has 1 aliphatic heterocycles. The molecular formula is C19H38N2. The van der Waals surface area contributed by atoms with Gasteiger partial charge in [0.15, 0.2) is 0 Å². The Bertz CT molecular complexity index is 285. The van der Waals surface area contributed by atoms with Gasteiger partial charge in [-0.05, 0) is 30.6 Å². The fourth-order valence-electron chi connectivity index (χ4n) is 4.28. The largest absolute Gasteiger partial charge is 0.311 e. The molecule has 0 bridgehead atoms.